The second-order valence-electron chi connectivity index (χ2n) is 6.80. The van der Waals surface area contributed by atoms with Gasteiger partial charge in [0, 0.05) is 24.7 Å². The Labute approximate surface area is 158 Å². The van der Waals surface area contributed by atoms with Gasteiger partial charge in [0.1, 0.15) is 4.90 Å². The van der Waals surface area contributed by atoms with Crippen molar-refractivity contribution in [2.24, 2.45) is 5.92 Å². The van der Waals surface area contributed by atoms with Crippen LogP contribution in [0.4, 0.5) is 5.69 Å². The standard InChI is InChI=1S/C19H19ClN2O3S/c20-17-3-1-2-4-18(17)26(24,25)21-16-8-7-13-9-10-22(12-15(13)11-16)19(23)14-5-6-14/h1-4,7-8,11,14,21H,5-6,9-10,12H2. The van der Waals surface area contributed by atoms with Crippen LogP contribution < -0.4 is 4.72 Å². The summed E-state index contributed by atoms with van der Waals surface area (Å²) in [5.74, 6) is 0.413. The zero-order valence-electron chi connectivity index (χ0n) is 14.1. The number of carbonyl (C=O) groups is 1. The lowest BCUT2D eigenvalue weighted by molar-refractivity contribution is -0.133. The molecular weight excluding hydrogens is 372 g/mol. The lowest BCUT2D eigenvalue weighted by Crippen LogP contribution is -2.36. The highest BCUT2D eigenvalue weighted by Gasteiger charge is 2.34. The third-order valence-electron chi connectivity index (χ3n) is 4.84. The Morgan fingerprint density at radius 2 is 1.88 bits per heavy atom. The third-order valence-corrected chi connectivity index (χ3v) is 6.72. The molecule has 0 bridgehead atoms. The Balaban J connectivity index is 1.56. The zero-order chi connectivity index (χ0) is 18.3. The topological polar surface area (TPSA) is 66.5 Å². The van der Waals surface area contributed by atoms with Gasteiger partial charge >= 0.3 is 0 Å². The van der Waals surface area contributed by atoms with Gasteiger partial charge in [-0.05, 0) is 54.7 Å². The van der Waals surface area contributed by atoms with Crippen molar-refractivity contribution in [1.29, 1.82) is 0 Å². The van der Waals surface area contributed by atoms with Crippen LogP contribution in [0.15, 0.2) is 47.4 Å². The molecule has 1 aliphatic carbocycles. The van der Waals surface area contributed by atoms with Crippen molar-refractivity contribution in [3.8, 4) is 0 Å². The molecule has 7 heteroatoms. The second-order valence-corrected chi connectivity index (χ2v) is 8.86. The molecule has 1 amide bonds. The number of hydrogen-bond acceptors (Lipinski definition) is 3. The molecule has 0 spiro atoms. The quantitative estimate of drug-likeness (QED) is 0.869. The van der Waals surface area contributed by atoms with E-state index in [9.17, 15) is 13.2 Å². The summed E-state index contributed by atoms with van der Waals surface area (Å²) in [7, 11) is -3.77. The van der Waals surface area contributed by atoms with Crippen LogP contribution >= 0.6 is 11.6 Å². The van der Waals surface area contributed by atoms with Gasteiger partial charge in [0.25, 0.3) is 10.0 Å². The predicted octanol–water partition coefficient (Wildman–Crippen LogP) is 3.44. The number of nitrogens with one attached hydrogen (secondary N) is 1. The minimum atomic E-state index is -3.77. The van der Waals surface area contributed by atoms with E-state index in [0.29, 0.717) is 12.2 Å². The van der Waals surface area contributed by atoms with E-state index in [1.807, 2.05) is 17.0 Å². The summed E-state index contributed by atoms with van der Waals surface area (Å²) < 4.78 is 27.8. The second kappa shape index (κ2) is 6.59. The lowest BCUT2D eigenvalue weighted by Gasteiger charge is -2.29. The summed E-state index contributed by atoms with van der Waals surface area (Å²) >= 11 is 6.02. The van der Waals surface area contributed by atoms with Gasteiger partial charge in [-0.2, -0.15) is 0 Å². The van der Waals surface area contributed by atoms with Crippen LogP contribution in [0.2, 0.25) is 5.02 Å². The van der Waals surface area contributed by atoms with Crippen molar-refractivity contribution in [2.75, 3.05) is 11.3 Å². The fourth-order valence-corrected chi connectivity index (χ4v) is 4.84. The fraction of sp³-hybridized carbons (Fsp3) is 0.316. The summed E-state index contributed by atoms with van der Waals surface area (Å²) in [5.41, 5.74) is 2.62. The van der Waals surface area contributed by atoms with Gasteiger partial charge in [-0.25, -0.2) is 8.42 Å². The minimum Gasteiger partial charge on any atom is -0.338 e. The van der Waals surface area contributed by atoms with Crippen LogP contribution in [0.25, 0.3) is 0 Å². The van der Waals surface area contributed by atoms with Crippen molar-refractivity contribution in [1.82, 2.24) is 4.90 Å². The van der Waals surface area contributed by atoms with Gasteiger partial charge < -0.3 is 4.90 Å². The summed E-state index contributed by atoms with van der Waals surface area (Å²) in [5, 5.41) is 0.180. The van der Waals surface area contributed by atoms with E-state index in [-0.39, 0.29) is 21.7 Å². The molecule has 2 aromatic carbocycles. The largest absolute Gasteiger partial charge is 0.338 e. The molecule has 1 heterocycles. The smallest absolute Gasteiger partial charge is 0.263 e. The first-order chi connectivity index (χ1) is 12.4. The molecule has 1 N–H and O–H groups in total. The molecule has 1 fully saturated rings. The van der Waals surface area contributed by atoms with E-state index >= 15 is 0 Å². The summed E-state index contributed by atoms with van der Waals surface area (Å²) in [6, 6.07) is 11.8. The van der Waals surface area contributed by atoms with Gasteiger partial charge in [-0.3, -0.25) is 9.52 Å². The molecule has 0 aromatic heterocycles. The molecule has 4 rings (SSSR count). The van der Waals surface area contributed by atoms with E-state index in [0.717, 1.165) is 36.9 Å². The van der Waals surface area contributed by atoms with Crippen molar-refractivity contribution >= 4 is 33.2 Å². The van der Waals surface area contributed by atoms with Crippen molar-refractivity contribution in [3.63, 3.8) is 0 Å². The van der Waals surface area contributed by atoms with Gasteiger partial charge in [-0.1, -0.05) is 29.8 Å². The van der Waals surface area contributed by atoms with Crippen LogP contribution in [0.1, 0.15) is 24.0 Å². The number of carbonyl (C=O) groups excluding carboxylic acids is 1. The molecule has 2 aliphatic rings. The van der Waals surface area contributed by atoms with Gasteiger partial charge in [0.2, 0.25) is 5.91 Å². The summed E-state index contributed by atoms with van der Waals surface area (Å²) in [6.07, 6.45) is 2.77. The van der Waals surface area contributed by atoms with E-state index in [2.05, 4.69) is 4.72 Å². The maximum atomic E-state index is 12.6. The van der Waals surface area contributed by atoms with Crippen molar-refractivity contribution < 1.29 is 13.2 Å². The van der Waals surface area contributed by atoms with Crippen molar-refractivity contribution in [2.45, 2.75) is 30.7 Å². The number of rotatable bonds is 4. The number of hydrogen-bond donors (Lipinski definition) is 1. The molecule has 2 aromatic rings. The van der Waals surface area contributed by atoms with Gasteiger partial charge in [0.15, 0.2) is 0 Å². The van der Waals surface area contributed by atoms with E-state index in [1.165, 1.54) is 6.07 Å². The number of halogens is 1. The molecule has 0 atom stereocenters. The molecule has 0 unspecified atom stereocenters. The molecule has 26 heavy (non-hydrogen) atoms. The summed E-state index contributed by atoms with van der Waals surface area (Å²) in [4.78, 5) is 14.2. The van der Waals surface area contributed by atoms with Crippen LogP contribution in [-0.4, -0.2) is 25.8 Å². The molecule has 1 aliphatic heterocycles. The van der Waals surface area contributed by atoms with E-state index in [1.54, 1.807) is 24.3 Å². The van der Waals surface area contributed by atoms with Crippen LogP contribution in [-0.2, 0) is 27.8 Å². The van der Waals surface area contributed by atoms with Crippen LogP contribution in [0.5, 0.6) is 0 Å². The van der Waals surface area contributed by atoms with Crippen molar-refractivity contribution in [3.05, 3.63) is 58.6 Å². The van der Waals surface area contributed by atoms with Gasteiger partial charge in [-0.15, -0.1) is 0 Å². The molecule has 0 saturated heterocycles. The normalized spacial score (nSPS) is 16.9. The Bertz CT molecular complexity index is 970. The maximum Gasteiger partial charge on any atom is 0.263 e. The first-order valence-corrected chi connectivity index (χ1v) is 10.5. The highest BCUT2D eigenvalue weighted by molar-refractivity contribution is 7.92. The fourth-order valence-electron chi connectivity index (χ4n) is 3.27. The third kappa shape index (κ3) is 3.44. The Hall–Kier alpha value is -2.05. The Kier molecular flexibility index (Phi) is 4.40. The average Bonchev–Trinajstić information content (AvgIpc) is 3.45. The zero-order valence-corrected chi connectivity index (χ0v) is 15.7. The Morgan fingerprint density at radius 3 is 2.62 bits per heavy atom. The number of amides is 1. The average molecular weight is 391 g/mol. The van der Waals surface area contributed by atoms with E-state index in [4.69, 9.17) is 11.6 Å². The molecule has 0 radical (unpaired) electrons. The molecular formula is C19H19ClN2O3S. The summed E-state index contributed by atoms with van der Waals surface area (Å²) in [6.45, 7) is 1.26. The first-order valence-electron chi connectivity index (χ1n) is 8.62. The highest BCUT2D eigenvalue weighted by Crippen LogP contribution is 2.33. The maximum absolute atomic E-state index is 12.6. The minimum absolute atomic E-state index is 0.0462. The number of fused-ring (bicyclic) bond motifs is 1. The van der Waals surface area contributed by atoms with E-state index < -0.39 is 10.0 Å². The SMILES string of the molecule is O=C(C1CC1)N1CCc2ccc(NS(=O)(=O)c3ccccc3Cl)cc2C1. The number of benzene rings is 2. The van der Waals surface area contributed by atoms with Crippen LogP contribution in [0.3, 0.4) is 0 Å². The van der Waals surface area contributed by atoms with Crippen LogP contribution in [0, 0.1) is 5.92 Å². The highest BCUT2D eigenvalue weighted by atomic mass is 35.5. The molecule has 5 nitrogen and oxygen atoms in total. The monoisotopic (exact) mass is 390 g/mol. The lowest BCUT2D eigenvalue weighted by atomic mass is 9.99. The Morgan fingerprint density at radius 1 is 1.12 bits per heavy atom. The number of anilines is 1. The molecule has 136 valence electrons. The number of nitrogens with zero attached hydrogens (tertiary/aromatic N) is 1. The predicted molar refractivity (Wildman–Crippen MR) is 101 cm³/mol. The first kappa shape index (κ1) is 17.4. The van der Waals surface area contributed by atoms with Gasteiger partial charge in [0.05, 0.1) is 5.02 Å². The molecule has 1 saturated carbocycles. The number of sulfonamides is 1.